The van der Waals surface area contributed by atoms with E-state index < -0.39 is 5.83 Å². The Morgan fingerprint density at radius 3 is 2.68 bits per heavy atom. The van der Waals surface area contributed by atoms with E-state index in [4.69, 9.17) is 22.1 Å². The lowest BCUT2D eigenvalue weighted by Gasteiger charge is -2.13. The molecule has 0 saturated carbocycles. The van der Waals surface area contributed by atoms with Crippen LogP contribution in [0.2, 0.25) is 0 Å². The summed E-state index contributed by atoms with van der Waals surface area (Å²) in [5, 5.41) is 3.21. The van der Waals surface area contributed by atoms with Gasteiger partial charge in [-0.1, -0.05) is 24.8 Å². The largest absolute Gasteiger partial charge is 0.487 e. The maximum Gasteiger partial charge on any atom is 0.180 e. The molecule has 130 valence electrons. The Hall–Kier alpha value is -2.77. The average molecular weight is 362 g/mol. The van der Waals surface area contributed by atoms with Crippen LogP contribution in [0, 0.1) is 0 Å². The van der Waals surface area contributed by atoms with Crippen LogP contribution in [-0.4, -0.2) is 28.1 Å². The van der Waals surface area contributed by atoms with Gasteiger partial charge in [0.05, 0.1) is 11.8 Å². The number of hydrogen-bond donors (Lipinski definition) is 2. The molecule has 2 heterocycles. The van der Waals surface area contributed by atoms with Gasteiger partial charge >= 0.3 is 0 Å². The number of nitrogens with one attached hydrogen (secondary N) is 1. The van der Waals surface area contributed by atoms with Gasteiger partial charge in [-0.15, -0.1) is 0 Å². The van der Waals surface area contributed by atoms with Crippen molar-refractivity contribution in [3.8, 4) is 5.75 Å². The molecule has 3 N–H and O–H groups in total. The number of halogens is 2. The molecule has 0 atom stereocenters. The summed E-state index contributed by atoms with van der Waals surface area (Å²) in [6.07, 6.45) is 5.97. The summed E-state index contributed by atoms with van der Waals surface area (Å²) in [5.41, 5.74) is 6.22. The molecular weight excluding hydrogens is 345 g/mol. The first-order chi connectivity index (χ1) is 12.0. The van der Waals surface area contributed by atoms with Crippen molar-refractivity contribution in [2.45, 2.75) is 0 Å². The van der Waals surface area contributed by atoms with Gasteiger partial charge in [0.1, 0.15) is 12.4 Å². The number of allylic oxidation sites excluding steroid dienone is 4. The number of pyridine rings is 1. The normalized spacial score (nSPS) is 11.1. The Morgan fingerprint density at radius 2 is 2.08 bits per heavy atom. The van der Waals surface area contributed by atoms with E-state index in [0.717, 1.165) is 5.69 Å². The van der Waals surface area contributed by atoms with Gasteiger partial charge in [0, 0.05) is 29.7 Å². The van der Waals surface area contributed by atoms with E-state index in [2.05, 4.69) is 33.4 Å². The van der Waals surface area contributed by atoms with Crippen molar-refractivity contribution in [3.05, 3.63) is 66.6 Å². The third kappa shape index (κ3) is 5.37. The quantitative estimate of drug-likeness (QED) is 0.699. The second-order valence-corrected chi connectivity index (χ2v) is 5.30. The SMILES string of the molecule is C=C(Cl)/C=C(\C(=C)F)c1ncc(OCCN)c(Nc2ccncc2)n1. The van der Waals surface area contributed by atoms with E-state index in [1.54, 1.807) is 24.5 Å². The number of rotatable bonds is 8. The topological polar surface area (TPSA) is 86.0 Å². The van der Waals surface area contributed by atoms with Crippen LogP contribution in [0.15, 0.2) is 60.8 Å². The maximum absolute atomic E-state index is 13.8. The van der Waals surface area contributed by atoms with E-state index in [9.17, 15) is 4.39 Å². The molecule has 0 radical (unpaired) electrons. The molecule has 0 aromatic carbocycles. The lowest BCUT2D eigenvalue weighted by molar-refractivity contribution is 0.327. The highest BCUT2D eigenvalue weighted by atomic mass is 35.5. The number of anilines is 2. The molecule has 0 spiro atoms. The molecule has 0 aliphatic heterocycles. The van der Waals surface area contributed by atoms with Crippen molar-refractivity contribution in [2.24, 2.45) is 5.73 Å². The summed E-state index contributed by atoms with van der Waals surface area (Å²) in [6, 6.07) is 3.50. The first kappa shape index (κ1) is 18.6. The van der Waals surface area contributed by atoms with Crippen LogP contribution in [0.4, 0.5) is 15.9 Å². The highest BCUT2D eigenvalue weighted by Gasteiger charge is 2.14. The van der Waals surface area contributed by atoms with E-state index in [0.29, 0.717) is 18.1 Å². The van der Waals surface area contributed by atoms with Gasteiger partial charge in [0.15, 0.2) is 17.4 Å². The molecule has 8 heteroatoms. The van der Waals surface area contributed by atoms with E-state index in [1.165, 1.54) is 12.3 Å². The Labute approximate surface area is 149 Å². The van der Waals surface area contributed by atoms with Crippen LogP contribution in [0.3, 0.4) is 0 Å². The van der Waals surface area contributed by atoms with Gasteiger partial charge in [0.2, 0.25) is 0 Å². The monoisotopic (exact) mass is 361 g/mol. The van der Waals surface area contributed by atoms with Crippen LogP contribution < -0.4 is 15.8 Å². The van der Waals surface area contributed by atoms with E-state index in [-0.39, 0.29) is 23.0 Å². The van der Waals surface area contributed by atoms with Crippen LogP contribution >= 0.6 is 11.6 Å². The van der Waals surface area contributed by atoms with Crippen molar-refractivity contribution in [1.82, 2.24) is 15.0 Å². The van der Waals surface area contributed by atoms with Gasteiger partial charge in [-0.25, -0.2) is 14.4 Å². The Balaban J connectivity index is 2.45. The number of nitrogens with two attached hydrogens (primary N) is 1. The summed E-state index contributed by atoms with van der Waals surface area (Å²) < 4.78 is 19.3. The third-order valence-corrected chi connectivity index (χ3v) is 3.02. The zero-order valence-electron chi connectivity index (χ0n) is 13.4. The van der Waals surface area contributed by atoms with Gasteiger partial charge < -0.3 is 15.8 Å². The van der Waals surface area contributed by atoms with Crippen LogP contribution in [0.5, 0.6) is 5.75 Å². The molecule has 0 saturated heterocycles. The smallest absolute Gasteiger partial charge is 0.180 e. The number of nitrogens with zero attached hydrogens (tertiary/aromatic N) is 3. The van der Waals surface area contributed by atoms with E-state index >= 15 is 0 Å². The zero-order chi connectivity index (χ0) is 18.2. The molecule has 0 fully saturated rings. The fourth-order valence-electron chi connectivity index (χ4n) is 1.86. The molecule has 2 aromatic rings. The molecule has 2 rings (SSSR count). The first-order valence-corrected chi connectivity index (χ1v) is 7.67. The summed E-state index contributed by atoms with van der Waals surface area (Å²) in [7, 11) is 0. The average Bonchev–Trinajstić information content (AvgIpc) is 2.59. The molecule has 0 aliphatic rings. The van der Waals surface area contributed by atoms with Crippen molar-refractivity contribution in [3.63, 3.8) is 0 Å². The Bertz CT molecular complexity index is 795. The van der Waals surface area contributed by atoms with Crippen LogP contribution in [0.1, 0.15) is 5.82 Å². The summed E-state index contributed by atoms with van der Waals surface area (Å²) in [5.74, 6) is 0.0785. The molecule has 2 aromatic heterocycles. The fraction of sp³-hybridized carbons (Fsp3) is 0.118. The molecule has 0 amide bonds. The number of aromatic nitrogens is 3. The summed E-state index contributed by atoms with van der Waals surface area (Å²) in [4.78, 5) is 12.4. The van der Waals surface area contributed by atoms with Crippen molar-refractivity contribution < 1.29 is 9.13 Å². The molecule has 0 aliphatic carbocycles. The van der Waals surface area contributed by atoms with Crippen LogP contribution in [0.25, 0.3) is 5.57 Å². The zero-order valence-corrected chi connectivity index (χ0v) is 14.1. The van der Waals surface area contributed by atoms with Gasteiger partial charge in [-0.3, -0.25) is 4.98 Å². The highest BCUT2D eigenvalue weighted by molar-refractivity contribution is 6.31. The standard InChI is InChI=1S/C17H17ClFN5O/c1-11(18)9-14(12(2)19)16-22-10-15(25-8-5-20)17(24-16)23-13-3-6-21-7-4-13/h3-4,6-7,9-10H,1-2,5,8,20H2,(H,21,22,23,24)/b14-9+. The third-order valence-electron chi connectivity index (χ3n) is 2.91. The van der Waals surface area contributed by atoms with Crippen LogP contribution in [-0.2, 0) is 0 Å². The molecule has 6 nitrogen and oxygen atoms in total. The minimum absolute atomic E-state index is 0.0307. The molecule has 25 heavy (non-hydrogen) atoms. The number of ether oxygens (including phenoxy) is 1. The Morgan fingerprint density at radius 1 is 1.36 bits per heavy atom. The summed E-state index contributed by atoms with van der Waals surface area (Å²) in [6.45, 7) is 7.41. The predicted molar refractivity (Wildman–Crippen MR) is 97.3 cm³/mol. The predicted octanol–water partition coefficient (Wildman–Crippen LogP) is 3.57. The minimum Gasteiger partial charge on any atom is -0.487 e. The van der Waals surface area contributed by atoms with Crippen molar-refractivity contribution >= 4 is 28.7 Å². The Kier molecular flexibility index (Phi) is 6.62. The first-order valence-electron chi connectivity index (χ1n) is 7.29. The van der Waals surface area contributed by atoms with Gasteiger partial charge in [-0.05, 0) is 18.2 Å². The second-order valence-electron chi connectivity index (χ2n) is 4.81. The lowest BCUT2D eigenvalue weighted by atomic mass is 10.2. The molecule has 0 unspecified atom stereocenters. The molecule has 0 bridgehead atoms. The number of hydrogen-bond acceptors (Lipinski definition) is 6. The van der Waals surface area contributed by atoms with Crippen molar-refractivity contribution in [2.75, 3.05) is 18.5 Å². The second kappa shape index (κ2) is 8.91. The fourth-order valence-corrected chi connectivity index (χ4v) is 1.97. The minimum atomic E-state index is -0.729. The van der Waals surface area contributed by atoms with Gasteiger partial charge in [0.25, 0.3) is 0 Å². The highest BCUT2D eigenvalue weighted by Crippen LogP contribution is 2.29. The van der Waals surface area contributed by atoms with E-state index in [1.807, 2.05) is 0 Å². The lowest BCUT2D eigenvalue weighted by Crippen LogP contribution is -2.12. The maximum atomic E-state index is 13.8. The van der Waals surface area contributed by atoms with Gasteiger partial charge in [-0.2, -0.15) is 0 Å². The van der Waals surface area contributed by atoms with Crippen molar-refractivity contribution in [1.29, 1.82) is 0 Å². The molecular formula is C17H17ClFN5O. The summed E-state index contributed by atoms with van der Waals surface area (Å²) >= 11 is 5.74.